The number of aromatic nitrogens is 4. The Labute approximate surface area is 237 Å². The van der Waals surface area contributed by atoms with E-state index >= 15 is 0 Å². The minimum Gasteiger partial charge on any atom is -0.480 e. The standard InChI is InChI=1S/C30H26F3N5O4/c1-4-6-15-7-5-8-16-11-34-12-22(23(15)16)38-28(41)35-27(36-14-18-24(30(18,2)3)25(36)26(39)40)37(29(38)42)13-17-9-20(32)21(33)10-19(17)31/h4-5,7-12,18,24-25H,1,6,13-14H2,2-3H3,(H,39,40)/t18-,24-,25-/m0/s1. The Balaban J connectivity index is 1.61. The predicted molar refractivity (Wildman–Crippen MR) is 148 cm³/mol. The van der Waals surface area contributed by atoms with E-state index in [1.807, 2.05) is 19.9 Å². The smallest absolute Gasteiger partial charge is 0.359 e. The Morgan fingerprint density at radius 1 is 1.12 bits per heavy atom. The number of fused-ring (bicyclic) bond motifs is 2. The van der Waals surface area contributed by atoms with Gasteiger partial charge in [-0.15, -0.1) is 6.58 Å². The average Bonchev–Trinajstić information content (AvgIpc) is 3.26. The molecule has 1 N–H and O–H groups in total. The van der Waals surface area contributed by atoms with Gasteiger partial charge >= 0.3 is 17.3 Å². The maximum Gasteiger partial charge on any atom is 0.359 e. The maximum absolute atomic E-state index is 14.8. The second-order valence-electron chi connectivity index (χ2n) is 11.3. The third kappa shape index (κ3) is 4.12. The van der Waals surface area contributed by atoms with Crippen molar-refractivity contribution in [2.45, 2.75) is 32.9 Å². The molecule has 12 heteroatoms. The van der Waals surface area contributed by atoms with Crippen molar-refractivity contribution in [3.63, 3.8) is 0 Å². The van der Waals surface area contributed by atoms with Crippen molar-refractivity contribution in [1.82, 2.24) is 19.1 Å². The molecule has 2 fully saturated rings. The second kappa shape index (κ2) is 9.68. The number of benzene rings is 2. The lowest BCUT2D eigenvalue weighted by Crippen LogP contribution is -2.49. The molecule has 42 heavy (non-hydrogen) atoms. The number of carbonyl (C=O) groups is 1. The summed E-state index contributed by atoms with van der Waals surface area (Å²) in [4.78, 5) is 50.0. The molecule has 1 saturated heterocycles. The Bertz CT molecular complexity index is 1910. The summed E-state index contributed by atoms with van der Waals surface area (Å²) in [5.74, 6) is -5.63. The number of aliphatic carboxylic acids is 1. The van der Waals surface area contributed by atoms with Gasteiger partial charge in [-0.1, -0.05) is 38.1 Å². The minimum absolute atomic E-state index is 0.0462. The number of carboxylic acid groups (broad SMARTS) is 1. The molecule has 0 radical (unpaired) electrons. The quantitative estimate of drug-likeness (QED) is 0.264. The first kappa shape index (κ1) is 27.4. The van der Waals surface area contributed by atoms with E-state index in [0.717, 1.165) is 14.7 Å². The number of hydrogen-bond donors (Lipinski definition) is 1. The van der Waals surface area contributed by atoms with E-state index in [1.165, 1.54) is 11.1 Å². The van der Waals surface area contributed by atoms with Crippen molar-refractivity contribution >= 4 is 22.7 Å². The van der Waals surface area contributed by atoms with Crippen molar-refractivity contribution in [2.24, 2.45) is 17.3 Å². The van der Waals surface area contributed by atoms with Crippen LogP contribution in [0.4, 0.5) is 19.1 Å². The summed E-state index contributed by atoms with van der Waals surface area (Å²) >= 11 is 0. The highest BCUT2D eigenvalue weighted by Gasteiger charge is 2.69. The van der Waals surface area contributed by atoms with Gasteiger partial charge in [0.05, 0.1) is 18.4 Å². The monoisotopic (exact) mass is 577 g/mol. The van der Waals surface area contributed by atoms with Crippen molar-refractivity contribution in [1.29, 1.82) is 0 Å². The van der Waals surface area contributed by atoms with Crippen LogP contribution in [0.1, 0.15) is 25.0 Å². The number of pyridine rings is 1. The molecule has 3 atom stereocenters. The zero-order valence-electron chi connectivity index (χ0n) is 22.7. The lowest BCUT2D eigenvalue weighted by Gasteiger charge is -2.30. The minimum atomic E-state index is -1.41. The fourth-order valence-corrected chi connectivity index (χ4v) is 6.47. The number of nitrogens with zero attached hydrogens (tertiary/aromatic N) is 5. The number of anilines is 1. The van der Waals surface area contributed by atoms with E-state index in [0.29, 0.717) is 29.3 Å². The molecular weight excluding hydrogens is 551 g/mol. The third-order valence-corrected chi connectivity index (χ3v) is 8.64. The normalized spacial score (nSPS) is 20.5. The second-order valence-corrected chi connectivity index (χ2v) is 11.3. The Morgan fingerprint density at radius 3 is 2.57 bits per heavy atom. The first-order chi connectivity index (χ1) is 19.9. The number of halogens is 3. The summed E-state index contributed by atoms with van der Waals surface area (Å²) in [6.07, 6.45) is 4.98. The zero-order valence-corrected chi connectivity index (χ0v) is 22.7. The Morgan fingerprint density at radius 2 is 1.86 bits per heavy atom. The van der Waals surface area contributed by atoms with E-state index in [9.17, 15) is 32.7 Å². The van der Waals surface area contributed by atoms with Crippen molar-refractivity contribution in [3.05, 3.63) is 105 Å². The topological polar surface area (TPSA) is 110 Å². The Kier molecular flexibility index (Phi) is 6.32. The van der Waals surface area contributed by atoms with Crippen LogP contribution in [0, 0.1) is 34.7 Å². The van der Waals surface area contributed by atoms with E-state index in [4.69, 9.17) is 0 Å². The highest BCUT2D eigenvalue weighted by atomic mass is 19.2. The lowest BCUT2D eigenvalue weighted by atomic mass is 10.0. The summed E-state index contributed by atoms with van der Waals surface area (Å²) in [6, 6.07) is 5.25. The van der Waals surface area contributed by atoms with Crippen LogP contribution in [0.25, 0.3) is 16.5 Å². The van der Waals surface area contributed by atoms with Gasteiger partial charge in [0.15, 0.2) is 11.6 Å². The molecule has 216 valence electrons. The molecule has 0 spiro atoms. The van der Waals surface area contributed by atoms with Gasteiger partial charge in [0.1, 0.15) is 11.9 Å². The number of piperidine rings is 1. The van der Waals surface area contributed by atoms with Crippen molar-refractivity contribution in [2.75, 3.05) is 11.4 Å². The van der Waals surface area contributed by atoms with Crippen LogP contribution in [0.2, 0.25) is 0 Å². The molecule has 2 aromatic carbocycles. The summed E-state index contributed by atoms with van der Waals surface area (Å²) in [5, 5.41) is 11.3. The van der Waals surface area contributed by atoms with Crippen molar-refractivity contribution < 1.29 is 23.1 Å². The fraction of sp³-hybridized carbons (Fsp3) is 0.300. The lowest BCUT2D eigenvalue weighted by molar-refractivity contribution is -0.139. The molecule has 2 aromatic heterocycles. The Hall–Kier alpha value is -4.74. The number of hydrogen-bond acceptors (Lipinski definition) is 6. The van der Waals surface area contributed by atoms with Gasteiger partial charge in [-0.3, -0.25) is 9.55 Å². The van der Waals surface area contributed by atoms with E-state index in [-0.39, 0.29) is 41.0 Å². The van der Waals surface area contributed by atoms with Gasteiger partial charge in [0, 0.05) is 41.1 Å². The zero-order chi connectivity index (χ0) is 30.1. The number of carboxylic acids is 1. The first-order valence-electron chi connectivity index (χ1n) is 13.3. The van der Waals surface area contributed by atoms with E-state index in [2.05, 4.69) is 16.5 Å². The molecular formula is C30H26F3N5O4. The first-order valence-corrected chi connectivity index (χ1v) is 13.3. The van der Waals surface area contributed by atoms with Crippen LogP contribution in [0.5, 0.6) is 0 Å². The van der Waals surface area contributed by atoms with Crippen LogP contribution in [0.15, 0.2) is 65.0 Å². The van der Waals surface area contributed by atoms with Gasteiger partial charge < -0.3 is 10.0 Å². The number of rotatable bonds is 7. The van der Waals surface area contributed by atoms with Gasteiger partial charge in [0.2, 0.25) is 5.95 Å². The molecule has 1 saturated carbocycles. The number of allylic oxidation sites excluding steroid dienone is 1. The van der Waals surface area contributed by atoms with E-state index in [1.54, 1.807) is 24.4 Å². The molecule has 0 unspecified atom stereocenters. The molecule has 6 rings (SSSR count). The predicted octanol–water partition coefficient (Wildman–Crippen LogP) is 3.68. The van der Waals surface area contributed by atoms with Gasteiger partial charge in [-0.05, 0) is 29.4 Å². The van der Waals surface area contributed by atoms with Gasteiger partial charge in [-0.2, -0.15) is 4.98 Å². The van der Waals surface area contributed by atoms with Gasteiger partial charge in [-0.25, -0.2) is 32.1 Å². The molecule has 0 bridgehead atoms. The molecule has 2 aliphatic rings. The summed E-state index contributed by atoms with van der Waals surface area (Å²) in [6.45, 7) is 7.19. The molecule has 4 aromatic rings. The largest absolute Gasteiger partial charge is 0.480 e. The van der Waals surface area contributed by atoms with Crippen LogP contribution in [-0.4, -0.2) is 42.8 Å². The summed E-state index contributed by atoms with van der Waals surface area (Å²) in [5.41, 5.74) is -1.77. The van der Waals surface area contributed by atoms with Crippen LogP contribution >= 0.6 is 0 Å². The van der Waals surface area contributed by atoms with Gasteiger partial charge in [0.25, 0.3) is 0 Å². The molecule has 3 heterocycles. The fourth-order valence-electron chi connectivity index (χ4n) is 6.47. The third-order valence-electron chi connectivity index (χ3n) is 8.64. The molecule has 9 nitrogen and oxygen atoms in total. The van der Waals surface area contributed by atoms with Crippen molar-refractivity contribution in [3.8, 4) is 5.69 Å². The average molecular weight is 578 g/mol. The van der Waals surface area contributed by atoms with Crippen LogP contribution in [0.3, 0.4) is 0 Å². The highest BCUT2D eigenvalue weighted by molar-refractivity contribution is 5.92. The van der Waals surface area contributed by atoms with E-state index < -0.39 is 47.4 Å². The summed E-state index contributed by atoms with van der Waals surface area (Å²) < 4.78 is 44.4. The van der Waals surface area contributed by atoms with Crippen LogP contribution < -0.4 is 16.3 Å². The SMILES string of the molecule is C=CCc1cccc2cncc(-n3c(=O)nc(N4C[C@H]5[C@@H]([C@H]4C(=O)O)C5(C)C)n(Cc4cc(F)c(F)cc4F)c3=O)c12. The molecule has 1 aliphatic heterocycles. The maximum atomic E-state index is 14.8. The van der Waals surface area contributed by atoms with Crippen LogP contribution in [-0.2, 0) is 17.8 Å². The molecule has 1 aliphatic carbocycles. The molecule has 0 amide bonds. The highest BCUT2D eigenvalue weighted by Crippen LogP contribution is 2.65. The summed E-state index contributed by atoms with van der Waals surface area (Å²) in [7, 11) is 0.